The molecule has 0 bridgehead atoms. The number of benzene rings is 1. The van der Waals surface area contributed by atoms with Crippen LogP contribution in [-0.2, 0) is 6.42 Å². The highest BCUT2D eigenvalue weighted by Crippen LogP contribution is 2.20. The van der Waals surface area contributed by atoms with E-state index in [-0.39, 0.29) is 5.15 Å². The van der Waals surface area contributed by atoms with Crippen molar-refractivity contribution in [3.8, 4) is 0 Å². The van der Waals surface area contributed by atoms with Crippen LogP contribution in [0.5, 0.6) is 0 Å². The minimum absolute atomic E-state index is 0.237. The molecule has 0 unspecified atom stereocenters. The molecule has 2 rings (SSSR count). The Hall–Kier alpha value is -0.640. The fourth-order valence-electron chi connectivity index (χ4n) is 1.29. The number of aromatic nitrogens is 2. The lowest BCUT2D eigenvalue weighted by Crippen LogP contribution is -1.95. The summed E-state index contributed by atoms with van der Waals surface area (Å²) in [5.74, 6) is 0. The normalized spacial score (nSPS) is 10.4. The molecular weight excluding hydrogens is 311 g/mol. The maximum atomic E-state index is 5.86. The van der Waals surface area contributed by atoms with E-state index in [0.717, 1.165) is 15.7 Å². The van der Waals surface area contributed by atoms with E-state index in [1.54, 1.807) is 6.07 Å². The Balaban J connectivity index is 2.20. The van der Waals surface area contributed by atoms with Crippen molar-refractivity contribution < 1.29 is 0 Å². The molecule has 0 atom stereocenters. The molecular formula is C11H7BrCl2N2. The highest BCUT2D eigenvalue weighted by molar-refractivity contribution is 9.10. The predicted octanol–water partition coefficient (Wildman–Crippen LogP) is 4.14. The smallest absolute Gasteiger partial charge is 0.154 e. The largest absolute Gasteiger partial charge is 0.170 e. The second kappa shape index (κ2) is 5.13. The van der Waals surface area contributed by atoms with Gasteiger partial charge in [0.2, 0.25) is 0 Å². The molecule has 2 aromatic rings. The average Bonchev–Trinajstić information content (AvgIpc) is 2.27. The first-order valence-electron chi connectivity index (χ1n) is 4.57. The Labute approximate surface area is 112 Å². The summed E-state index contributed by atoms with van der Waals surface area (Å²) in [4.78, 5) is 0. The van der Waals surface area contributed by atoms with Gasteiger partial charge in [0, 0.05) is 10.9 Å². The molecule has 5 heteroatoms. The standard InChI is InChI=1S/C11H7BrCl2N2/c12-8-3-1-7(2-4-8)5-9-6-10(13)11(14)16-15-9/h1-4,6H,5H2. The lowest BCUT2D eigenvalue weighted by Gasteiger charge is -2.01. The summed E-state index contributed by atoms with van der Waals surface area (Å²) in [6.07, 6.45) is 0.692. The van der Waals surface area contributed by atoms with Crippen LogP contribution in [0.15, 0.2) is 34.8 Å². The molecule has 0 fully saturated rings. The maximum Gasteiger partial charge on any atom is 0.170 e. The quantitative estimate of drug-likeness (QED) is 0.832. The first kappa shape index (κ1) is 11.8. The summed E-state index contributed by atoms with van der Waals surface area (Å²) in [5, 5.41) is 8.42. The van der Waals surface area contributed by atoms with Gasteiger partial charge in [-0.1, -0.05) is 51.3 Å². The summed E-state index contributed by atoms with van der Waals surface area (Å²) in [5.41, 5.74) is 1.95. The Bertz CT molecular complexity index is 500. The molecule has 16 heavy (non-hydrogen) atoms. The number of nitrogens with zero attached hydrogens (tertiary/aromatic N) is 2. The molecule has 0 radical (unpaired) electrons. The molecule has 82 valence electrons. The Morgan fingerprint density at radius 3 is 2.38 bits per heavy atom. The van der Waals surface area contributed by atoms with Gasteiger partial charge in [0.05, 0.1) is 10.7 Å². The number of rotatable bonds is 2. The molecule has 1 aromatic carbocycles. The monoisotopic (exact) mass is 316 g/mol. The van der Waals surface area contributed by atoms with Crippen LogP contribution < -0.4 is 0 Å². The van der Waals surface area contributed by atoms with Gasteiger partial charge in [-0.3, -0.25) is 0 Å². The molecule has 0 aliphatic carbocycles. The SMILES string of the molecule is Clc1cc(Cc2ccc(Br)cc2)nnc1Cl. The van der Waals surface area contributed by atoms with E-state index in [0.29, 0.717) is 11.4 Å². The number of hydrogen-bond acceptors (Lipinski definition) is 2. The average molecular weight is 318 g/mol. The van der Waals surface area contributed by atoms with Crippen LogP contribution in [0.1, 0.15) is 11.3 Å². The van der Waals surface area contributed by atoms with Gasteiger partial charge >= 0.3 is 0 Å². The summed E-state index contributed by atoms with van der Waals surface area (Å²) < 4.78 is 1.05. The Morgan fingerprint density at radius 2 is 1.75 bits per heavy atom. The molecule has 0 aliphatic rings. The van der Waals surface area contributed by atoms with Crippen molar-refractivity contribution >= 4 is 39.1 Å². The topological polar surface area (TPSA) is 25.8 Å². The second-order valence-electron chi connectivity index (χ2n) is 3.28. The lowest BCUT2D eigenvalue weighted by atomic mass is 10.1. The van der Waals surface area contributed by atoms with E-state index in [9.17, 15) is 0 Å². The van der Waals surface area contributed by atoms with Gasteiger partial charge in [0.1, 0.15) is 0 Å². The van der Waals surface area contributed by atoms with Crippen LogP contribution in [0.25, 0.3) is 0 Å². The highest BCUT2D eigenvalue weighted by Gasteiger charge is 2.03. The van der Waals surface area contributed by atoms with E-state index in [1.165, 1.54) is 0 Å². The summed E-state index contributed by atoms with van der Waals surface area (Å²) >= 11 is 14.9. The molecule has 1 heterocycles. The summed E-state index contributed by atoms with van der Waals surface area (Å²) in [6, 6.07) is 9.75. The fraction of sp³-hybridized carbons (Fsp3) is 0.0909. The van der Waals surface area contributed by atoms with Gasteiger partial charge < -0.3 is 0 Å². The van der Waals surface area contributed by atoms with Gasteiger partial charge in [-0.25, -0.2) is 0 Å². The van der Waals surface area contributed by atoms with Crippen molar-refractivity contribution in [1.82, 2.24) is 10.2 Å². The van der Waals surface area contributed by atoms with Crippen molar-refractivity contribution in [3.63, 3.8) is 0 Å². The number of halogens is 3. The predicted molar refractivity (Wildman–Crippen MR) is 69.0 cm³/mol. The van der Waals surface area contributed by atoms with Crippen molar-refractivity contribution in [3.05, 3.63) is 56.2 Å². The lowest BCUT2D eigenvalue weighted by molar-refractivity contribution is 0.937. The Morgan fingerprint density at radius 1 is 1.06 bits per heavy atom. The van der Waals surface area contributed by atoms with Gasteiger partial charge in [0.25, 0.3) is 0 Å². The molecule has 2 nitrogen and oxygen atoms in total. The molecule has 0 saturated carbocycles. The summed E-state index contributed by atoms with van der Waals surface area (Å²) in [6.45, 7) is 0. The fourth-order valence-corrected chi connectivity index (χ4v) is 1.81. The zero-order chi connectivity index (χ0) is 11.5. The molecule has 0 spiro atoms. The maximum absolute atomic E-state index is 5.86. The molecule has 0 aliphatic heterocycles. The molecule has 0 N–H and O–H groups in total. The van der Waals surface area contributed by atoms with Gasteiger partial charge in [-0.15, -0.1) is 5.10 Å². The van der Waals surface area contributed by atoms with Crippen molar-refractivity contribution in [1.29, 1.82) is 0 Å². The third-order valence-corrected chi connectivity index (χ3v) is 3.25. The first-order valence-corrected chi connectivity index (χ1v) is 6.12. The van der Waals surface area contributed by atoms with Crippen molar-refractivity contribution in [2.45, 2.75) is 6.42 Å². The van der Waals surface area contributed by atoms with E-state index >= 15 is 0 Å². The highest BCUT2D eigenvalue weighted by atomic mass is 79.9. The summed E-state index contributed by atoms with van der Waals surface area (Å²) in [7, 11) is 0. The van der Waals surface area contributed by atoms with E-state index in [4.69, 9.17) is 23.2 Å². The third kappa shape index (κ3) is 2.94. The second-order valence-corrected chi connectivity index (χ2v) is 4.96. The van der Waals surface area contributed by atoms with Crippen LogP contribution in [0.2, 0.25) is 10.2 Å². The molecule has 1 aromatic heterocycles. The van der Waals surface area contributed by atoms with Crippen LogP contribution in [-0.4, -0.2) is 10.2 Å². The zero-order valence-electron chi connectivity index (χ0n) is 8.12. The van der Waals surface area contributed by atoms with Gasteiger partial charge in [0.15, 0.2) is 5.15 Å². The zero-order valence-corrected chi connectivity index (χ0v) is 11.2. The molecule has 0 saturated heterocycles. The van der Waals surface area contributed by atoms with Crippen LogP contribution in [0.4, 0.5) is 0 Å². The Kier molecular flexibility index (Phi) is 3.79. The van der Waals surface area contributed by atoms with Crippen molar-refractivity contribution in [2.75, 3.05) is 0 Å². The first-order chi connectivity index (χ1) is 7.65. The van der Waals surface area contributed by atoms with Crippen LogP contribution in [0.3, 0.4) is 0 Å². The van der Waals surface area contributed by atoms with Crippen molar-refractivity contribution in [2.24, 2.45) is 0 Å². The van der Waals surface area contributed by atoms with E-state index in [1.807, 2.05) is 24.3 Å². The van der Waals surface area contributed by atoms with E-state index in [2.05, 4.69) is 26.1 Å². The molecule has 0 amide bonds. The van der Waals surface area contributed by atoms with Gasteiger partial charge in [-0.2, -0.15) is 5.10 Å². The van der Waals surface area contributed by atoms with Crippen LogP contribution >= 0.6 is 39.1 Å². The van der Waals surface area contributed by atoms with Crippen LogP contribution in [0, 0.1) is 0 Å². The minimum atomic E-state index is 0.237. The van der Waals surface area contributed by atoms with Gasteiger partial charge in [-0.05, 0) is 23.8 Å². The third-order valence-electron chi connectivity index (χ3n) is 2.06. The minimum Gasteiger partial charge on any atom is -0.154 e. The van der Waals surface area contributed by atoms with E-state index < -0.39 is 0 Å². The number of hydrogen-bond donors (Lipinski definition) is 0.